The summed E-state index contributed by atoms with van der Waals surface area (Å²) in [5, 5.41) is 13.3. The van der Waals surface area contributed by atoms with E-state index in [1.165, 1.54) is 0 Å². The van der Waals surface area contributed by atoms with Crippen molar-refractivity contribution in [1.82, 2.24) is 5.32 Å². The minimum Gasteiger partial charge on any atom is -0.480 e. The molecular formula is C31H26Cl3N3O5. The van der Waals surface area contributed by atoms with E-state index >= 15 is 0 Å². The molecule has 11 heteroatoms. The number of carbonyl (C=O) groups is 3. The number of nitrogens with one attached hydrogen (secondary N) is 1. The van der Waals surface area contributed by atoms with Crippen molar-refractivity contribution in [1.29, 1.82) is 0 Å². The van der Waals surface area contributed by atoms with Gasteiger partial charge in [-0.3, -0.25) is 14.5 Å². The molecule has 2 amide bonds. The third kappa shape index (κ3) is 4.43. The highest BCUT2D eigenvalue weighted by Gasteiger charge is 2.60. The van der Waals surface area contributed by atoms with Gasteiger partial charge in [-0.1, -0.05) is 59.1 Å². The van der Waals surface area contributed by atoms with Crippen LogP contribution in [0, 0.1) is 0 Å². The van der Waals surface area contributed by atoms with Gasteiger partial charge in [0.1, 0.15) is 6.04 Å². The lowest BCUT2D eigenvalue weighted by molar-refractivity contribution is -0.139. The van der Waals surface area contributed by atoms with Crippen molar-refractivity contribution >= 4 is 69.6 Å². The number of benzene rings is 3. The molecule has 3 fully saturated rings. The van der Waals surface area contributed by atoms with Gasteiger partial charge in [0.05, 0.1) is 50.5 Å². The Bertz CT molecular complexity index is 1620. The molecule has 1 saturated carbocycles. The predicted molar refractivity (Wildman–Crippen MR) is 160 cm³/mol. The van der Waals surface area contributed by atoms with Crippen LogP contribution in [0.5, 0.6) is 0 Å². The number of carboxylic acids is 1. The van der Waals surface area contributed by atoms with Crippen LogP contribution in [0.2, 0.25) is 15.1 Å². The second-order valence-electron chi connectivity index (χ2n) is 11.4. The Balaban J connectivity index is 1.08. The third-order valence-electron chi connectivity index (χ3n) is 8.81. The van der Waals surface area contributed by atoms with Crippen LogP contribution >= 0.6 is 34.8 Å². The molecule has 2 N–H and O–H groups in total. The fraction of sp³-hybridized carbons (Fsp3) is 0.323. The second kappa shape index (κ2) is 10.2. The minimum absolute atomic E-state index is 0.000583. The van der Waals surface area contributed by atoms with Gasteiger partial charge in [-0.25, -0.2) is 4.79 Å². The smallest absolute Gasteiger partial charge is 0.326 e. The van der Waals surface area contributed by atoms with E-state index in [1.807, 2.05) is 12.1 Å². The SMILES string of the molecule is O=C(N[C@@H](Cc1ccc(N2C(=O)C3(CC3)c3cccc(Cl)c32)cc1)C(=O)O)c1c(Cl)cc(N2CC3CC2CO3)cc1Cl. The van der Waals surface area contributed by atoms with Gasteiger partial charge < -0.3 is 20.1 Å². The van der Waals surface area contributed by atoms with E-state index in [4.69, 9.17) is 39.5 Å². The number of aliphatic carboxylic acids is 1. The van der Waals surface area contributed by atoms with Crippen molar-refractivity contribution in [3.8, 4) is 0 Å². The Morgan fingerprint density at radius 2 is 1.74 bits per heavy atom. The van der Waals surface area contributed by atoms with E-state index in [2.05, 4.69) is 10.2 Å². The molecule has 0 radical (unpaired) electrons. The maximum Gasteiger partial charge on any atom is 0.326 e. The Labute approximate surface area is 257 Å². The highest BCUT2D eigenvalue weighted by molar-refractivity contribution is 6.40. The van der Waals surface area contributed by atoms with Gasteiger partial charge in [0.15, 0.2) is 0 Å². The quantitative estimate of drug-likeness (QED) is 0.346. The molecule has 7 rings (SSSR count). The fourth-order valence-electron chi connectivity index (χ4n) is 6.52. The molecule has 216 valence electrons. The summed E-state index contributed by atoms with van der Waals surface area (Å²) >= 11 is 19.5. The molecule has 1 aliphatic carbocycles. The zero-order chi connectivity index (χ0) is 29.3. The van der Waals surface area contributed by atoms with Crippen LogP contribution in [0.25, 0.3) is 0 Å². The van der Waals surface area contributed by atoms with E-state index in [1.54, 1.807) is 47.4 Å². The highest BCUT2D eigenvalue weighted by Crippen LogP contribution is 2.60. The van der Waals surface area contributed by atoms with Crippen LogP contribution in [-0.2, 0) is 26.2 Å². The van der Waals surface area contributed by atoms with E-state index in [9.17, 15) is 19.5 Å². The zero-order valence-corrected chi connectivity index (χ0v) is 24.5. The first-order valence-corrected chi connectivity index (χ1v) is 14.9. The molecule has 3 aromatic rings. The first-order chi connectivity index (χ1) is 20.2. The van der Waals surface area contributed by atoms with Crippen molar-refractivity contribution in [2.75, 3.05) is 23.0 Å². The van der Waals surface area contributed by atoms with Crippen molar-refractivity contribution < 1.29 is 24.2 Å². The van der Waals surface area contributed by atoms with Crippen molar-refractivity contribution in [2.45, 2.75) is 49.3 Å². The molecule has 42 heavy (non-hydrogen) atoms. The van der Waals surface area contributed by atoms with Gasteiger partial charge in [0.2, 0.25) is 5.91 Å². The van der Waals surface area contributed by atoms with Crippen LogP contribution in [0.4, 0.5) is 17.1 Å². The first kappa shape index (κ1) is 27.5. The summed E-state index contributed by atoms with van der Waals surface area (Å²) in [6.45, 7) is 1.37. The van der Waals surface area contributed by atoms with Gasteiger partial charge in [-0.05, 0) is 60.7 Å². The molecule has 3 aliphatic heterocycles. The summed E-state index contributed by atoms with van der Waals surface area (Å²) in [6.07, 6.45) is 2.72. The Kier molecular flexibility index (Phi) is 6.66. The summed E-state index contributed by atoms with van der Waals surface area (Å²) in [5.41, 5.74) is 3.30. The maximum absolute atomic E-state index is 13.4. The number of halogens is 3. The minimum atomic E-state index is -1.24. The largest absolute Gasteiger partial charge is 0.480 e. The number of hydrogen-bond donors (Lipinski definition) is 2. The average Bonchev–Trinajstić information content (AvgIpc) is 3.36. The molecule has 3 heterocycles. The molecule has 2 bridgehead atoms. The third-order valence-corrected chi connectivity index (χ3v) is 9.71. The zero-order valence-electron chi connectivity index (χ0n) is 22.3. The molecule has 8 nitrogen and oxygen atoms in total. The van der Waals surface area contributed by atoms with Crippen molar-refractivity contribution in [3.05, 3.63) is 86.4 Å². The molecule has 1 spiro atoms. The number of para-hydroxylation sites is 1. The fourth-order valence-corrected chi connectivity index (χ4v) is 7.43. The van der Waals surface area contributed by atoms with Gasteiger partial charge >= 0.3 is 5.97 Å². The number of carbonyl (C=O) groups excluding carboxylic acids is 2. The molecular weight excluding hydrogens is 601 g/mol. The highest BCUT2D eigenvalue weighted by atomic mass is 35.5. The van der Waals surface area contributed by atoms with Crippen molar-refractivity contribution in [3.63, 3.8) is 0 Å². The van der Waals surface area contributed by atoms with Gasteiger partial charge in [0, 0.05) is 24.3 Å². The summed E-state index contributed by atoms with van der Waals surface area (Å²) < 4.78 is 5.66. The topological polar surface area (TPSA) is 99.2 Å². The lowest BCUT2D eigenvalue weighted by Crippen LogP contribution is -2.42. The second-order valence-corrected chi connectivity index (χ2v) is 12.6. The number of morpholine rings is 1. The summed E-state index contributed by atoms with van der Waals surface area (Å²) in [5.74, 6) is -1.87. The Hall–Kier alpha value is -3.30. The van der Waals surface area contributed by atoms with Crippen molar-refractivity contribution in [2.24, 2.45) is 0 Å². The van der Waals surface area contributed by atoms with Crippen LogP contribution < -0.4 is 15.1 Å². The number of carboxylic acid groups (broad SMARTS) is 1. The van der Waals surface area contributed by atoms with Gasteiger partial charge in [-0.2, -0.15) is 0 Å². The molecule has 4 aliphatic rings. The standard InChI is InChI=1S/C31H26Cl3N3O5/c32-22-3-1-2-21-27(22)37(30(41)31(21)8-9-31)17-6-4-16(5-7-17)10-25(29(39)40)35-28(38)26-23(33)12-18(13-24(26)34)36-14-20-11-19(36)15-42-20/h1-7,12-13,19-20,25H,8-11,14-15H2,(H,35,38)(H,39,40)/t19?,20?,25-/m0/s1. The molecule has 2 saturated heterocycles. The van der Waals surface area contributed by atoms with Crippen LogP contribution in [0.1, 0.15) is 40.7 Å². The van der Waals surface area contributed by atoms with Crippen LogP contribution in [0.3, 0.4) is 0 Å². The number of anilines is 3. The van der Waals surface area contributed by atoms with E-state index in [0.29, 0.717) is 28.6 Å². The first-order valence-electron chi connectivity index (χ1n) is 13.8. The number of ether oxygens (including phenoxy) is 1. The van der Waals surface area contributed by atoms with Crippen LogP contribution in [-0.4, -0.2) is 54.2 Å². The molecule has 2 unspecified atom stereocenters. The van der Waals surface area contributed by atoms with E-state index in [-0.39, 0.29) is 40.1 Å². The monoisotopic (exact) mass is 625 g/mol. The molecule has 3 atom stereocenters. The Morgan fingerprint density at radius 3 is 2.33 bits per heavy atom. The van der Waals surface area contributed by atoms with Gasteiger partial charge in [-0.15, -0.1) is 0 Å². The number of amides is 2. The number of fused-ring (bicyclic) bond motifs is 4. The summed E-state index contributed by atoms with van der Waals surface area (Å²) in [6, 6.07) is 15.0. The number of nitrogens with zero attached hydrogens (tertiary/aromatic N) is 2. The van der Waals surface area contributed by atoms with E-state index in [0.717, 1.165) is 37.1 Å². The molecule has 3 aromatic carbocycles. The van der Waals surface area contributed by atoms with Crippen LogP contribution in [0.15, 0.2) is 54.6 Å². The predicted octanol–water partition coefficient (Wildman–Crippen LogP) is 5.76. The normalized spacial score (nSPS) is 22.0. The average molecular weight is 627 g/mol. The Morgan fingerprint density at radius 1 is 1.02 bits per heavy atom. The summed E-state index contributed by atoms with van der Waals surface area (Å²) in [4.78, 5) is 42.6. The van der Waals surface area contributed by atoms with E-state index < -0.39 is 23.3 Å². The summed E-state index contributed by atoms with van der Waals surface area (Å²) in [7, 11) is 0. The molecule has 0 aromatic heterocycles. The lowest BCUT2D eigenvalue weighted by Gasteiger charge is -2.29. The lowest BCUT2D eigenvalue weighted by atomic mass is 9.98. The van der Waals surface area contributed by atoms with Gasteiger partial charge in [0.25, 0.3) is 5.91 Å². The number of rotatable bonds is 7. The number of hydrogen-bond acceptors (Lipinski definition) is 5. The maximum atomic E-state index is 13.4.